The van der Waals surface area contributed by atoms with Crippen LogP contribution in [0.2, 0.25) is 0 Å². The first-order valence-electron chi connectivity index (χ1n) is 7.55. The van der Waals surface area contributed by atoms with Crippen LogP contribution < -0.4 is 4.74 Å². The zero-order valence-electron chi connectivity index (χ0n) is 13.3. The minimum absolute atomic E-state index is 0.172. The fraction of sp³-hybridized carbons (Fsp3) is 0.118. The highest BCUT2D eigenvalue weighted by molar-refractivity contribution is 7.90. The second-order valence-electron chi connectivity index (χ2n) is 5.39. The molecule has 126 valence electrons. The number of aryl methyl sites for hydroxylation is 1. The average molecular weight is 370 g/mol. The van der Waals surface area contributed by atoms with Crippen LogP contribution in [0.15, 0.2) is 52.4 Å². The normalized spacial score (nSPS) is 12.4. The maximum absolute atomic E-state index is 12.5. The zero-order valence-corrected chi connectivity index (χ0v) is 14.9. The first kappa shape index (κ1) is 16.1. The first-order chi connectivity index (χ1) is 12.2. The summed E-state index contributed by atoms with van der Waals surface area (Å²) in [6.07, 6.45) is 1.68. The second kappa shape index (κ2) is 6.83. The number of ether oxygens (including phenoxy) is 1. The quantitative estimate of drug-likeness (QED) is 0.540. The van der Waals surface area contributed by atoms with E-state index in [1.807, 2.05) is 48.0 Å². The summed E-state index contributed by atoms with van der Waals surface area (Å²) in [4.78, 5) is 16.1. The largest absolute Gasteiger partial charge is 0.609 e. The maximum atomic E-state index is 12.5. The number of nitrogens with zero attached hydrogens (tertiary/aromatic N) is 3. The Balaban J connectivity index is 1.54. The molecule has 6 nitrogen and oxygen atoms in total. The molecule has 3 aromatic heterocycles. The summed E-state index contributed by atoms with van der Waals surface area (Å²) in [5.41, 5.74) is 2.54. The molecule has 1 N–H and O–H groups in total. The first-order valence-corrected chi connectivity index (χ1v) is 9.81. The van der Waals surface area contributed by atoms with Crippen molar-refractivity contribution in [1.82, 2.24) is 19.9 Å². The Kier molecular flexibility index (Phi) is 4.39. The van der Waals surface area contributed by atoms with Gasteiger partial charge in [-0.15, -0.1) is 11.3 Å². The Morgan fingerprint density at radius 1 is 1.20 bits per heavy atom. The van der Waals surface area contributed by atoms with E-state index in [0.717, 1.165) is 16.6 Å². The third-order valence-corrected chi connectivity index (χ3v) is 5.39. The van der Waals surface area contributed by atoms with Gasteiger partial charge in [-0.05, 0) is 19.1 Å². The molecule has 0 aliphatic rings. The molecule has 0 saturated heterocycles. The number of rotatable bonds is 5. The van der Waals surface area contributed by atoms with E-state index in [1.165, 1.54) is 0 Å². The fourth-order valence-corrected chi connectivity index (χ4v) is 3.88. The Bertz CT molecular complexity index is 972. The summed E-state index contributed by atoms with van der Waals surface area (Å²) in [6, 6.07) is 9.42. The minimum atomic E-state index is -1.35. The number of H-pyrrole nitrogens is 1. The Hall–Kier alpha value is -2.42. The number of aromatic amines is 1. The number of aromatic nitrogens is 4. The van der Waals surface area contributed by atoms with Gasteiger partial charge < -0.3 is 9.29 Å². The lowest BCUT2D eigenvalue weighted by Gasteiger charge is -2.10. The molecule has 1 unspecified atom stereocenters. The lowest BCUT2D eigenvalue weighted by molar-refractivity contribution is 0.455. The van der Waals surface area contributed by atoms with E-state index in [4.69, 9.17) is 4.74 Å². The van der Waals surface area contributed by atoms with Gasteiger partial charge >= 0.3 is 5.16 Å². The maximum Gasteiger partial charge on any atom is 0.322 e. The van der Waals surface area contributed by atoms with Gasteiger partial charge in [0.25, 0.3) is 0 Å². The van der Waals surface area contributed by atoms with Crippen LogP contribution in [0, 0.1) is 6.92 Å². The van der Waals surface area contributed by atoms with Gasteiger partial charge in [0, 0.05) is 33.7 Å². The van der Waals surface area contributed by atoms with Crippen LogP contribution in [0.3, 0.4) is 0 Å². The van der Waals surface area contributed by atoms with Crippen molar-refractivity contribution >= 4 is 33.5 Å². The van der Waals surface area contributed by atoms with Crippen LogP contribution in [0.4, 0.5) is 0 Å². The summed E-state index contributed by atoms with van der Waals surface area (Å²) < 4.78 is 18.3. The number of nitrogens with one attached hydrogen (secondary N) is 1. The van der Waals surface area contributed by atoms with Crippen LogP contribution in [0.1, 0.15) is 11.4 Å². The predicted octanol–water partition coefficient (Wildman–Crippen LogP) is 3.82. The Morgan fingerprint density at radius 3 is 2.84 bits per heavy atom. The number of thiophene rings is 1. The molecule has 1 aromatic carbocycles. The molecule has 0 spiro atoms. The minimum Gasteiger partial charge on any atom is -0.609 e. The van der Waals surface area contributed by atoms with Crippen LogP contribution in [-0.2, 0) is 16.9 Å². The molecular weight excluding hydrogens is 356 g/mol. The lowest BCUT2D eigenvalue weighted by Crippen LogP contribution is -2.10. The van der Waals surface area contributed by atoms with Gasteiger partial charge in [0.15, 0.2) is 11.6 Å². The van der Waals surface area contributed by atoms with Gasteiger partial charge in [0.1, 0.15) is 11.3 Å². The molecule has 8 heteroatoms. The van der Waals surface area contributed by atoms with E-state index < -0.39 is 11.2 Å². The van der Waals surface area contributed by atoms with Crippen molar-refractivity contribution in [3.05, 3.63) is 58.7 Å². The van der Waals surface area contributed by atoms with E-state index in [0.29, 0.717) is 22.6 Å². The number of fused-ring (bicyclic) bond motifs is 1. The molecule has 0 saturated carbocycles. The van der Waals surface area contributed by atoms with Gasteiger partial charge in [0.05, 0.1) is 5.52 Å². The highest BCUT2D eigenvalue weighted by Gasteiger charge is 2.20. The summed E-state index contributed by atoms with van der Waals surface area (Å²) in [5, 5.41) is 4.30. The predicted molar refractivity (Wildman–Crippen MR) is 97.4 cm³/mol. The SMILES string of the molecule is Cc1cnc(C[S+]([O-])c2nc3cscc3[nH]2)nc1Oc1ccccc1. The second-order valence-corrected chi connectivity index (χ2v) is 7.50. The summed E-state index contributed by atoms with van der Waals surface area (Å²) in [5.74, 6) is 1.79. The summed E-state index contributed by atoms with van der Waals surface area (Å²) in [7, 11) is 0. The molecule has 0 fully saturated rings. The van der Waals surface area contributed by atoms with E-state index in [9.17, 15) is 4.55 Å². The fourth-order valence-electron chi connectivity index (χ4n) is 2.25. The topological polar surface area (TPSA) is 86.8 Å². The van der Waals surface area contributed by atoms with E-state index >= 15 is 0 Å². The number of benzene rings is 1. The summed E-state index contributed by atoms with van der Waals surface area (Å²) in [6.45, 7) is 1.87. The molecule has 0 amide bonds. The van der Waals surface area contributed by atoms with E-state index in [1.54, 1.807) is 17.5 Å². The lowest BCUT2D eigenvalue weighted by atomic mass is 10.3. The summed E-state index contributed by atoms with van der Waals surface area (Å²) >= 11 is 0.205. The molecule has 4 aromatic rings. The Labute approximate surface area is 151 Å². The molecule has 0 bridgehead atoms. The molecule has 0 radical (unpaired) electrons. The van der Waals surface area contributed by atoms with Crippen molar-refractivity contribution in [2.45, 2.75) is 17.8 Å². The molecular formula is C17H14N4O2S2. The van der Waals surface area contributed by atoms with E-state index in [-0.39, 0.29) is 5.75 Å². The number of hydrogen-bond donors (Lipinski definition) is 1. The van der Waals surface area contributed by atoms with Gasteiger partial charge in [-0.2, -0.15) is 9.97 Å². The molecule has 4 rings (SSSR count). The molecule has 0 aliphatic heterocycles. The van der Waals surface area contributed by atoms with Gasteiger partial charge in [-0.25, -0.2) is 4.98 Å². The van der Waals surface area contributed by atoms with Crippen molar-refractivity contribution in [1.29, 1.82) is 0 Å². The standard InChI is InChI=1S/C17H14N4O2S2/c1-11-7-18-15(21-16(11)23-12-5-3-2-4-6-12)10-25(22)17-19-13-8-24-9-14(13)20-17/h2-9H,10H2,1H3,(H,19,20). The highest BCUT2D eigenvalue weighted by atomic mass is 32.2. The van der Waals surface area contributed by atoms with Gasteiger partial charge in [-0.1, -0.05) is 18.2 Å². The number of imidazole rings is 1. The van der Waals surface area contributed by atoms with Crippen molar-refractivity contribution in [3.63, 3.8) is 0 Å². The van der Waals surface area contributed by atoms with Crippen molar-refractivity contribution in [2.75, 3.05) is 0 Å². The van der Waals surface area contributed by atoms with Crippen LogP contribution in [0.25, 0.3) is 11.0 Å². The monoisotopic (exact) mass is 370 g/mol. The highest BCUT2D eigenvalue weighted by Crippen LogP contribution is 2.24. The molecule has 25 heavy (non-hydrogen) atoms. The molecule has 0 aliphatic carbocycles. The van der Waals surface area contributed by atoms with Crippen molar-refractivity contribution < 1.29 is 9.29 Å². The van der Waals surface area contributed by atoms with Gasteiger partial charge in [-0.3, -0.25) is 4.98 Å². The zero-order chi connectivity index (χ0) is 17.2. The Morgan fingerprint density at radius 2 is 2.04 bits per heavy atom. The van der Waals surface area contributed by atoms with E-state index in [2.05, 4.69) is 19.9 Å². The van der Waals surface area contributed by atoms with Crippen LogP contribution >= 0.6 is 11.3 Å². The average Bonchev–Trinajstić information content (AvgIpc) is 3.21. The third-order valence-electron chi connectivity index (χ3n) is 3.51. The number of para-hydroxylation sites is 1. The third kappa shape index (κ3) is 3.51. The molecule has 3 heterocycles. The molecule has 1 atom stereocenters. The van der Waals surface area contributed by atoms with Crippen molar-refractivity contribution in [2.24, 2.45) is 0 Å². The number of hydrogen-bond acceptors (Lipinski definition) is 6. The van der Waals surface area contributed by atoms with Crippen LogP contribution in [-0.4, -0.2) is 24.5 Å². The van der Waals surface area contributed by atoms with Crippen LogP contribution in [0.5, 0.6) is 11.6 Å². The smallest absolute Gasteiger partial charge is 0.322 e. The van der Waals surface area contributed by atoms with Crippen molar-refractivity contribution in [3.8, 4) is 11.6 Å². The van der Waals surface area contributed by atoms with Gasteiger partial charge in [0.2, 0.25) is 5.88 Å².